The van der Waals surface area contributed by atoms with Gasteiger partial charge in [0.2, 0.25) is 0 Å². The molecule has 0 bridgehead atoms. The highest BCUT2D eigenvalue weighted by molar-refractivity contribution is 9.10. The van der Waals surface area contributed by atoms with E-state index in [1.54, 1.807) is 0 Å². The van der Waals surface area contributed by atoms with Crippen LogP contribution in [0, 0.1) is 0 Å². The summed E-state index contributed by atoms with van der Waals surface area (Å²) in [4.78, 5) is 2.18. The number of ether oxygens (including phenoxy) is 1. The molecular formula is C15H24BrNO2. The van der Waals surface area contributed by atoms with Gasteiger partial charge in [0, 0.05) is 17.6 Å². The van der Waals surface area contributed by atoms with E-state index in [0.29, 0.717) is 0 Å². The molecule has 0 spiro atoms. The molecule has 0 saturated heterocycles. The molecule has 19 heavy (non-hydrogen) atoms. The van der Waals surface area contributed by atoms with Crippen LogP contribution in [0.1, 0.15) is 31.9 Å². The molecule has 1 aromatic rings. The fourth-order valence-electron chi connectivity index (χ4n) is 1.78. The Kier molecular flexibility index (Phi) is 7.61. The summed E-state index contributed by atoms with van der Waals surface area (Å²) in [7, 11) is 2.05. The van der Waals surface area contributed by atoms with Crippen molar-refractivity contribution in [2.45, 2.75) is 32.5 Å². The highest BCUT2D eigenvalue weighted by atomic mass is 79.9. The Balaban J connectivity index is 2.27. The first-order valence-corrected chi connectivity index (χ1v) is 7.52. The zero-order valence-electron chi connectivity index (χ0n) is 12.0. The predicted octanol–water partition coefficient (Wildman–Crippen LogP) is 3.23. The van der Waals surface area contributed by atoms with Crippen LogP contribution in [0.2, 0.25) is 0 Å². The summed E-state index contributed by atoms with van der Waals surface area (Å²) in [5.74, 6) is 0. The minimum absolute atomic E-state index is 0.278. The van der Waals surface area contributed by atoms with Gasteiger partial charge >= 0.3 is 0 Å². The van der Waals surface area contributed by atoms with E-state index in [1.165, 1.54) is 0 Å². The topological polar surface area (TPSA) is 32.7 Å². The maximum absolute atomic E-state index is 10.1. The van der Waals surface area contributed by atoms with Gasteiger partial charge in [-0.3, -0.25) is 0 Å². The summed E-state index contributed by atoms with van der Waals surface area (Å²) in [6.07, 6.45) is 0.598. The maximum atomic E-state index is 10.1. The molecule has 0 aliphatic heterocycles. The van der Waals surface area contributed by atoms with Crippen LogP contribution < -0.4 is 0 Å². The second-order valence-electron chi connectivity index (χ2n) is 5.08. The quantitative estimate of drug-likeness (QED) is 0.794. The number of hydrogen-bond donors (Lipinski definition) is 1. The lowest BCUT2D eigenvalue weighted by Crippen LogP contribution is -2.26. The van der Waals surface area contributed by atoms with Gasteiger partial charge in [0.15, 0.2) is 0 Å². The number of aliphatic hydroxyl groups excluding tert-OH is 1. The van der Waals surface area contributed by atoms with Gasteiger partial charge in [0.25, 0.3) is 0 Å². The van der Waals surface area contributed by atoms with Crippen molar-refractivity contribution in [1.29, 1.82) is 0 Å². The third-order valence-corrected chi connectivity index (χ3v) is 3.44. The van der Waals surface area contributed by atoms with Crippen molar-refractivity contribution in [2.75, 3.05) is 26.7 Å². The van der Waals surface area contributed by atoms with Gasteiger partial charge in [-0.25, -0.2) is 0 Å². The molecule has 108 valence electrons. The van der Waals surface area contributed by atoms with Crippen LogP contribution in [0.3, 0.4) is 0 Å². The lowest BCUT2D eigenvalue weighted by Gasteiger charge is -2.19. The summed E-state index contributed by atoms with van der Waals surface area (Å²) in [5.41, 5.74) is 0.959. The molecule has 1 N–H and O–H groups in total. The van der Waals surface area contributed by atoms with E-state index in [2.05, 4.69) is 27.9 Å². The van der Waals surface area contributed by atoms with Crippen molar-refractivity contribution in [3.05, 3.63) is 34.3 Å². The van der Waals surface area contributed by atoms with E-state index in [1.807, 2.05) is 38.1 Å². The standard InChI is InChI=1S/C15H24BrNO2/c1-12(2)19-10-9-17(3)8-7-15(18)13-5-4-6-14(16)11-13/h4-6,11-12,15,18H,7-10H2,1-3H3. The smallest absolute Gasteiger partial charge is 0.0802 e. The molecule has 0 fully saturated rings. The van der Waals surface area contributed by atoms with Crippen LogP contribution in [0.25, 0.3) is 0 Å². The predicted molar refractivity (Wildman–Crippen MR) is 82.3 cm³/mol. The van der Waals surface area contributed by atoms with Crippen molar-refractivity contribution in [3.8, 4) is 0 Å². The van der Waals surface area contributed by atoms with Crippen LogP contribution in [0.5, 0.6) is 0 Å². The number of aliphatic hydroxyl groups is 1. The molecule has 0 heterocycles. The minimum Gasteiger partial charge on any atom is -0.388 e. The van der Waals surface area contributed by atoms with Gasteiger partial charge in [-0.1, -0.05) is 28.1 Å². The number of nitrogens with zero attached hydrogens (tertiary/aromatic N) is 1. The molecule has 4 heteroatoms. The molecule has 0 aliphatic carbocycles. The third kappa shape index (κ3) is 7.06. The molecular weight excluding hydrogens is 306 g/mol. The van der Waals surface area contributed by atoms with Gasteiger partial charge in [-0.2, -0.15) is 0 Å². The second kappa shape index (κ2) is 8.69. The molecule has 0 amide bonds. The molecule has 0 aromatic heterocycles. The molecule has 0 radical (unpaired) electrons. The Morgan fingerprint density at radius 3 is 2.68 bits per heavy atom. The van der Waals surface area contributed by atoms with Crippen LogP contribution >= 0.6 is 15.9 Å². The van der Waals surface area contributed by atoms with E-state index in [9.17, 15) is 5.11 Å². The Hall–Kier alpha value is -0.420. The summed E-state index contributed by atoms with van der Waals surface area (Å²) >= 11 is 3.42. The SMILES string of the molecule is CC(C)OCCN(C)CCC(O)c1cccc(Br)c1. The van der Waals surface area contributed by atoms with Crippen molar-refractivity contribution in [1.82, 2.24) is 4.90 Å². The lowest BCUT2D eigenvalue weighted by molar-refractivity contribution is 0.0601. The monoisotopic (exact) mass is 329 g/mol. The lowest BCUT2D eigenvalue weighted by atomic mass is 10.1. The fraction of sp³-hybridized carbons (Fsp3) is 0.600. The number of rotatable bonds is 8. The van der Waals surface area contributed by atoms with Crippen LogP contribution in [0.4, 0.5) is 0 Å². The van der Waals surface area contributed by atoms with Crippen LogP contribution in [-0.2, 0) is 4.74 Å². The number of halogens is 1. The van der Waals surface area contributed by atoms with E-state index in [0.717, 1.165) is 36.2 Å². The van der Waals surface area contributed by atoms with Gasteiger partial charge in [0.05, 0.1) is 18.8 Å². The van der Waals surface area contributed by atoms with Crippen molar-refractivity contribution in [2.24, 2.45) is 0 Å². The van der Waals surface area contributed by atoms with Gasteiger partial charge in [-0.15, -0.1) is 0 Å². The number of likely N-dealkylation sites (N-methyl/N-ethyl adjacent to an activating group) is 1. The summed E-state index contributed by atoms with van der Waals surface area (Å²) in [6.45, 7) is 6.56. The molecule has 1 aromatic carbocycles. The molecule has 0 aliphatic rings. The van der Waals surface area contributed by atoms with Crippen LogP contribution in [0.15, 0.2) is 28.7 Å². The zero-order valence-corrected chi connectivity index (χ0v) is 13.6. The average Bonchev–Trinajstić information content (AvgIpc) is 2.35. The first-order chi connectivity index (χ1) is 8.99. The Labute approximate surface area is 124 Å². The largest absolute Gasteiger partial charge is 0.388 e. The van der Waals surface area contributed by atoms with Gasteiger partial charge < -0.3 is 14.7 Å². The summed E-state index contributed by atoms with van der Waals surface area (Å²) < 4.78 is 6.51. The summed E-state index contributed by atoms with van der Waals surface area (Å²) in [5, 5.41) is 10.1. The van der Waals surface area contributed by atoms with Crippen molar-refractivity contribution >= 4 is 15.9 Å². The van der Waals surface area contributed by atoms with E-state index < -0.39 is 6.10 Å². The third-order valence-electron chi connectivity index (χ3n) is 2.94. The van der Waals surface area contributed by atoms with Gasteiger partial charge in [-0.05, 0) is 45.0 Å². The first-order valence-electron chi connectivity index (χ1n) is 6.72. The molecule has 1 rings (SSSR count). The minimum atomic E-state index is -0.411. The van der Waals surface area contributed by atoms with E-state index in [-0.39, 0.29) is 6.10 Å². The summed E-state index contributed by atoms with van der Waals surface area (Å²) in [6, 6.07) is 7.83. The Morgan fingerprint density at radius 2 is 2.05 bits per heavy atom. The number of hydrogen-bond acceptors (Lipinski definition) is 3. The Bertz CT molecular complexity index is 371. The fourth-order valence-corrected chi connectivity index (χ4v) is 2.20. The normalized spacial score (nSPS) is 13.2. The van der Waals surface area contributed by atoms with E-state index in [4.69, 9.17) is 4.74 Å². The van der Waals surface area contributed by atoms with E-state index >= 15 is 0 Å². The van der Waals surface area contributed by atoms with Crippen molar-refractivity contribution in [3.63, 3.8) is 0 Å². The molecule has 1 unspecified atom stereocenters. The Morgan fingerprint density at radius 1 is 1.32 bits per heavy atom. The molecule has 0 saturated carbocycles. The maximum Gasteiger partial charge on any atom is 0.0802 e. The zero-order chi connectivity index (χ0) is 14.3. The highest BCUT2D eigenvalue weighted by Gasteiger charge is 2.09. The number of benzene rings is 1. The second-order valence-corrected chi connectivity index (χ2v) is 6.00. The first kappa shape index (κ1) is 16.6. The highest BCUT2D eigenvalue weighted by Crippen LogP contribution is 2.20. The molecule has 1 atom stereocenters. The molecule has 3 nitrogen and oxygen atoms in total. The van der Waals surface area contributed by atoms with Gasteiger partial charge in [0.1, 0.15) is 0 Å². The van der Waals surface area contributed by atoms with Crippen molar-refractivity contribution < 1.29 is 9.84 Å². The average molecular weight is 330 g/mol. The van der Waals surface area contributed by atoms with Crippen LogP contribution in [-0.4, -0.2) is 42.9 Å².